The number of aromatic nitrogens is 4. The molecule has 1 aliphatic rings. The normalized spacial score (nSPS) is 14.2. The van der Waals surface area contributed by atoms with E-state index in [0.717, 1.165) is 12.8 Å². The van der Waals surface area contributed by atoms with Crippen LogP contribution in [0.4, 0.5) is 4.39 Å². The van der Waals surface area contributed by atoms with Gasteiger partial charge in [0.05, 0.1) is 39.9 Å². The predicted molar refractivity (Wildman–Crippen MR) is 126 cm³/mol. The van der Waals surface area contributed by atoms with Crippen molar-refractivity contribution in [1.29, 1.82) is 5.26 Å². The lowest BCUT2D eigenvalue weighted by molar-refractivity contribution is 0.199. The quantitative estimate of drug-likeness (QED) is 0.446. The predicted octanol–water partition coefficient (Wildman–Crippen LogP) is 4.04. The molecule has 0 spiro atoms. The number of halogens is 2. The van der Waals surface area contributed by atoms with E-state index in [1.54, 1.807) is 31.4 Å². The highest BCUT2D eigenvalue weighted by molar-refractivity contribution is 6.31. The number of ether oxygens (including phenoxy) is 1. The summed E-state index contributed by atoms with van der Waals surface area (Å²) in [5.41, 5.74) is 6.97. The zero-order chi connectivity index (χ0) is 24.2. The van der Waals surface area contributed by atoms with E-state index in [1.807, 2.05) is 6.92 Å². The molecule has 1 fully saturated rings. The fraction of sp³-hybridized carbons (Fsp3) is 0.250. The van der Waals surface area contributed by atoms with E-state index in [4.69, 9.17) is 22.1 Å². The molecular formula is C24H20ClFN6O2. The third-order valence-corrected chi connectivity index (χ3v) is 6.32. The van der Waals surface area contributed by atoms with E-state index in [-0.39, 0.29) is 34.0 Å². The first-order valence-corrected chi connectivity index (χ1v) is 11.0. The van der Waals surface area contributed by atoms with Gasteiger partial charge in [0, 0.05) is 18.7 Å². The van der Waals surface area contributed by atoms with Crippen molar-refractivity contribution in [2.45, 2.75) is 31.9 Å². The Bertz CT molecular complexity index is 1560. The Hall–Kier alpha value is -3.74. The van der Waals surface area contributed by atoms with Gasteiger partial charge in [-0.3, -0.25) is 9.48 Å². The zero-order valence-electron chi connectivity index (χ0n) is 18.4. The van der Waals surface area contributed by atoms with Gasteiger partial charge >= 0.3 is 0 Å². The minimum atomic E-state index is -0.739. The SMILES string of the molecule is Cn1ncc(-c2ccc3c(=O)[nH]c(CN)nc3c2)c1-c1c(F)c(Cl)cc(OC2(C)CC2)c1C#N. The molecule has 0 radical (unpaired) electrons. The maximum atomic E-state index is 15.5. The lowest BCUT2D eigenvalue weighted by Crippen LogP contribution is -2.14. The lowest BCUT2D eigenvalue weighted by atomic mass is 9.96. The smallest absolute Gasteiger partial charge is 0.258 e. The second-order valence-corrected chi connectivity index (χ2v) is 8.97. The van der Waals surface area contributed by atoms with E-state index in [0.29, 0.717) is 33.5 Å². The first kappa shape index (κ1) is 22.1. The van der Waals surface area contributed by atoms with Crippen molar-refractivity contribution >= 4 is 22.5 Å². The summed E-state index contributed by atoms with van der Waals surface area (Å²) in [6.45, 7) is 2.01. The Morgan fingerprint density at radius 1 is 1.38 bits per heavy atom. The van der Waals surface area contributed by atoms with Gasteiger partial charge in [-0.05, 0) is 37.5 Å². The van der Waals surface area contributed by atoms with Gasteiger partial charge in [0.15, 0.2) is 5.82 Å². The Labute approximate surface area is 198 Å². The van der Waals surface area contributed by atoms with Crippen LogP contribution in [0.5, 0.6) is 5.75 Å². The van der Waals surface area contributed by atoms with Crippen LogP contribution in [-0.2, 0) is 13.6 Å². The average Bonchev–Trinajstić information content (AvgIpc) is 3.42. The minimum Gasteiger partial charge on any atom is -0.486 e. The fourth-order valence-corrected chi connectivity index (χ4v) is 4.15. The molecule has 3 N–H and O–H groups in total. The molecule has 5 rings (SSSR count). The van der Waals surface area contributed by atoms with E-state index in [9.17, 15) is 10.1 Å². The maximum Gasteiger partial charge on any atom is 0.258 e. The summed E-state index contributed by atoms with van der Waals surface area (Å²) in [6.07, 6.45) is 3.25. The standard InChI is InChI=1S/C24H20ClFN6O2/c1-24(5-6-24)34-18-8-16(25)21(26)20(14(18)9-27)22-15(11-29-32(22)2)12-3-4-13-17(7-12)30-19(10-28)31-23(13)33/h3-4,7-8,11H,5-6,10,28H2,1-2H3,(H,30,31,33). The van der Waals surface area contributed by atoms with Crippen molar-refractivity contribution in [3.63, 3.8) is 0 Å². The Balaban J connectivity index is 1.74. The van der Waals surface area contributed by atoms with Crippen LogP contribution in [-0.4, -0.2) is 25.3 Å². The highest BCUT2D eigenvalue weighted by Crippen LogP contribution is 2.45. The number of hydrogen-bond acceptors (Lipinski definition) is 6. The molecule has 0 bridgehead atoms. The Morgan fingerprint density at radius 3 is 2.82 bits per heavy atom. The van der Waals surface area contributed by atoms with Crippen molar-refractivity contribution in [2.75, 3.05) is 0 Å². The number of aromatic amines is 1. The number of nitrogens with one attached hydrogen (secondary N) is 1. The monoisotopic (exact) mass is 478 g/mol. The Morgan fingerprint density at radius 2 is 2.15 bits per heavy atom. The van der Waals surface area contributed by atoms with Crippen LogP contribution in [0.1, 0.15) is 31.2 Å². The summed E-state index contributed by atoms with van der Waals surface area (Å²) in [5, 5.41) is 14.5. The summed E-state index contributed by atoms with van der Waals surface area (Å²) < 4.78 is 23.0. The molecule has 4 aromatic rings. The molecule has 8 nitrogen and oxygen atoms in total. The average molecular weight is 479 g/mol. The molecule has 2 heterocycles. The van der Waals surface area contributed by atoms with Crippen LogP contribution < -0.4 is 16.0 Å². The molecule has 2 aromatic carbocycles. The maximum absolute atomic E-state index is 15.5. The van der Waals surface area contributed by atoms with E-state index in [2.05, 4.69) is 21.1 Å². The van der Waals surface area contributed by atoms with Crippen LogP contribution in [0.15, 0.2) is 35.3 Å². The van der Waals surface area contributed by atoms with Gasteiger partial charge < -0.3 is 15.5 Å². The van der Waals surface area contributed by atoms with Gasteiger partial charge in [-0.1, -0.05) is 17.7 Å². The Kier molecular flexibility index (Phi) is 5.15. The van der Waals surface area contributed by atoms with Crippen molar-refractivity contribution in [3.8, 4) is 34.2 Å². The first-order chi connectivity index (χ1) is 16.2. The second kappa shape index (κ2) is 7.94. The topological polar surface area (TPSA) is 123 Å². The van der Waals surface area contributed by atoms with Crippen LogP contribution in [0.3, 0.4) is 0 Å². The van der Waals surface area contributed by atoms with Crippen molar-refractivity contribution < 1.29 is 9.13 Å². The number of nitrogens with zero attached hydrogens (tertiary/aromatic N) is 4. The molecule has 172 valence electrons. The molecule has 34 heavy (non-hydrogen) atoms. The molecule has 2 aromatic heterocycles. The number of nitriles is 1. The second-order valence-electron chi connectivity index (χ2n) is 8.56. The molecule has 1 aliphatic carbocycles. The number of fused-ring (bicyclic) bond motifs is 1. The van der Waals surface area contributed by atoms with Crippen molar-refractivity contribution in [2.24, 2.45) is 12.8 Å². The third kappa shape index (κ3) is 3.61. The van der Waals surface area contributed by atoms with Gasteiger partial charge in [0.25, 0.3) is 5.56 Å². The number of benzene rings is 2. The molecule has 10 heteroatoms. The van der Waals surface area contributed by atoms with E-state index < -0.39 is 11.4 Å². The first-order valence-electron chi connectivity index (χ1n) is 10.6. The summed E-state index contributed by atoms with van der Waals surface area (Å²) in [7, 11) is 1.65. The number of nitrogens with two attached hydrogens (primary N) is 1. The lowest BCUT2D eigenvalue weighted by Gasteiger charge is -2.18. The van der Waals surface area contributed by atoms with Crippen LogP contribution in [0.2, 0.25) is 5.02 Å². The summed E-state index contributed by atoms with van der Waals surface area (Å²) >= 11 is 6.24. The van der Waals surface area contributed by atoms with Crippen LogP contribution in [0, 0.1) is 17.1 Å². The molecule has 0 saturated heterocycles. The number of rotatable bonds is 5. The highest BCUT2D eigenvalue weighted by atomic mass is 35.5. The number of hydrogen-bond donors (Lipinski definition) is 2. The largest absolute Gasteiger partial charge is 0.486 e. The third-order valence-electron chi connectivity index (χ3n) is 6.04. The zero-order valence-corrected chi connectivity index (χ0v) is 19.2. The van der Waals surface area contributed by atoms with Gasteiger partial charge in [0.1, 0.15) is 28.8 Å². The van der Waals surface area contributed by atoms with E-state index in [1.165, 1.54) is 10.7 Å². The summed E-state index contributed by atoms with van der Waals surface area (Å²) in [5.74, 6) is -0.156. The fourth-order valence-electron chi connectivity index (χ4n) is 3.96. The number of aryl methyl sites for hydroxylation is 1. The van der Waals surface area contributed by atoms with Crippen molar-refractivity contribution in [1.82, 2.24) is 19.7 Å². The molecule has 0 aliphatic heterocycles. The highest BCUT2D eigenvalue weighted by Gasteiger charge is 2.41. The number of H-pyrrole nitrogens is 1. The summed E-state index contributed by atoms with van der Waals surface area (Å²) in [6, 6.07) is 8.50. The molecule has 0 unspecified atom stereocenters. The molecule has 0 amide bonds. The minimum absolute atomic E-state index is 0.00543. The van der Waals surface area contributed by atoms with Crippen molar-refractivity contribution in [3.05, 3.63) is 63.0 Å². The molecule has 0 atom stereocenters. The van der Waals surface area contributed by atoms with Gasteiger partial charge in [0.2, 0.25) is 0 Å². The molecule has 1 saturated carbocycles. The van der Waals surface area contributed by atoms with Crippen LogP contribution >= 0.6 is 11.6 Å². The summed E-state index contributed by atoms with van der Waals surface area (Å²) in [4.78, 5) is 19.4. The van der Waals surface area contributed by atoms with Gasteiger partial charge in [-0.25, -0.2) is 9.37 Å². The van der Waals surface area contributed by atoms with E-state index >= 15 is 4.39 Å². The molecular weight excluding hydrogens is 459 g/mol. The van der Waals surface area contributed by atoms with Gasteiger partial charge in [-0.15, -0.1) is 0 Å². The van der Waals surface area contributed by atoms with Crippen LogP contribution in [0.25, 0.3) is 33.3 Å². The van der Waals surface area contributed by atoms with Gasteiger partial charge in [-0.2, -0.15) is 10.4 Å².